The molecule has 0 N–H and O–H groups in total. The standard InChI is InChI=1S/C25H18BrN3OS/c26-21-13-11-20(12-14-21)23-22(15-27)24(30)29(16-18-7-3-1-4-8-18)25(28-23)31-17-19-9-5-2-6-10-19/h1-14H,16-17H2. The first-order valence-electron chi connectivity index (χ1n) is 9.67. The Morgan fingerprint density at radius 1 is 0.903 bits per heavy atom. The third kappa shape index (κ3) is 4.96. The van der Waals surface area contributed by atoms with Gasteiger partial charge < -0.3 is 0 Å². The summed E-state index contributed by atoms with van der Waals surface area (Å²) in [6.07, 6.45) is 0. The number of hydrogen-bond acceptors (Lipinski definition) is 4. The van der Waals surface area contributed by atoms with E-state index in [0.29, 0.717) is 23.1 Å². The number of rotatable bonds is 6. The van der Waals surface area contributed by atoms with E-state index in [-0.39, 0.29) is 11.1 Å². The van der Waals surface area contributed by atoms with E-state index in [1.54, 1.807) is 4.57 Å². The van der Waals surface area contributed by atoms with Crippen LogP contribution < -0.4 is 5.56 Å². The highest BCUT2D eigenvalue weighted by Crippen LogP contribution is 2.27. The van der Waals surface area contributed by atoms with E-state index in [1.165, 1.54) is 11.8 Å². The third-order valence-electron chi connectivity index (χ3n) is 4.76. The fraction of sp³-hybridized carbons (Fsp3) is 0.0800. The van der Waals surface area contributed by atoms with E-state index in [2.05, 4.69) is 22.0 Å². The van der Waals surface area contributed by atoms with Crippen molar-refractivity contribution in [1.29, 1.82) is 5.26 Å². The van der Waals surface area contributed by atoms with Crippen molar-refractivity contribution < 1.29 is 0 Å². The van der Waals surface area contributed by atoms with Gasteiger partial charge in [-0.05, 0) is 23.3 Å². The molecule has 1 aromatic heterocycles. The van der Waals surface area contributed by atoms with Crippen molar-refractivity contribution in [3.05, 3.63) is 116 Å². The molecular formula is C25H18BrN3OS. The molecule has 1 heterocycles. The van der Waals surface area contributed by atoms with Crippen LogP contribution in [0, 0.1) is 11.3 Å². The van der Waals surface area contributed by atoms with Gasteiger partial charge in [-0.15, -0.1) is 0 Å². The minimum atomic E-state index is -0.324. The highest BCUT2D eigenvalue weighted by Gasteiger charge is 2.18. The number of hydrogen-bond donors (Lipinski definition) is 0. The van der Waals surface area contributed by atoms with Gasteiger partial charge in [0, 0.05) is 15.8 Å². The van der Waals surface area contributed by atoms with Gasteiger partial charge in [0.25, 0.3) is 5.56 Å². The van der Waals surface area contributed by atoms with E-state index in [4.69, 9.17) is 4.98 Å². The van der Waals surface area contributed by atoms with Gasteiger partial charge >= 0.3 is 0 Å². The molecule has 0 atom stereocenters. The normalized spacial score (nSPS) is 10.6. The average molecular weight is 488 g/mol. The Morgan fingerprint density at radius 3 is 2.13 bits per heavy atom. The Balaban J connectivity index is 1.82. The highest BCUT2D eigenvalue weighted by molar-refractivity contribution is 9.10. The lowest BCUT2D eigenvalue weighted by Gasteiger charge is -2.15. The Labute approximate surface area is 193 Å². The van der Waals surface area contributed by atoms with Crippen molar-refractivity contribution in [3.8, 4) is 17.3 Å². The maximum atomic E-state index is 13.4. The molecule has 0 spiro atoms. The molecule has 0 aliphatic rings. The first-order chi connectivity index (χ1) is 15.2. The van der Waals surface area contributed by atoms with E-state index >= 15 is 0 Å². The number of aromatic nitrogens is 2. The fourth-order valence-corrected chi connectivity index (χ4v) is 4.40. The molecule has 0 fully saturated rings. The zero-order valence-electron chi connectivity index (χ0n) is 16.5. The molecule has 0 unspecified atom stereocenters. The highest BCUT2D eigenvalue weighted by atomic mass is 79.9. The summed E-state index contributed by atoms with van der Waals surface area (Å²) in [5.74, 6) is 0.674. The van der Waals surface area contributed by atoms with Crippen LogP contribution in [-0.2, 0) is 12.3 Å². The van der Waals surface area contributed by atoms with Crippen LogP contribution in [0.1, 0.15) is 16.7 Å². The number of benzene rings is 3. The molecule has 4 aromatic rings. The van der Waals surface area contributed by atoms with E-state index in [9.17, 15) is 10.1 Å². The second kappa shape index (κ2) is 9.78. The maximum Gasteiger partial charge on any atom is 0.273 e. The lowest BCUT2D eigenvalue weighted by Crippen LogP contribution is -2.27. The van der Waals surface area contributed by atoms with Crippen LogP contribution in [0.3, 0.4) is 0 Å². The number of nitrogens with zero attached hydrogens (tertiary/aromatic N) is 3. The van der Waals surface area contributed by atoms with Gasteiger partial charge in [-0.25, -0.2) is 4.98 Å². The summed E-state index contributed by atoms with van der Waals surface area (Å²) in [4.78, 5) is 18.2. The number of thioether (sulfide) groups is 1. The maximum absolute atomic E-state index is 13.4. The predicted octanol–water partition coefficient (Wildman–Crippen LogP) is 5.89. The molecule has 4 rings (SSSR count). The molecule has 4 nitrogen and oxygen atoms in total. The Hall–Kier alpha value is -3.14. The van der Waals surface area contributed by atoms with E-state index in [0.717, 1.165) is 21.2 Å². The molecule has 0 bridgehead atoms. The molecule has 0 aliphatic heterocycles. The van der Waals surface area contributed by atoms with Gasteiger partial charge in [0.15, 0.2) is 5.16 Å². The van der Waals surface area contributed by atoms with Crippen molar-refractivity contribution in [2.75, 3.05) is 0 Å². The van der Waals surface area contributed by atoms with Crippen molar-refractivity contribution in [2.45, 2.75) is 17.5 Å². The molecule has 0 saturated carbocycles. The third-order valence-corrected chi connectivity index (χ3v) is 6.33. The van der Waals surface area contributed by atoms with Crippen molar-refractivity contribution in [3.63, 3.8) is 0 Å². The second-order valence-electron chi connectivity index (χ2n) is 6.89. The number of nitriles is 1. The predicted molar refractivity (Wildman–Crippen MR) is 128 cm³/mol. The first-order valence-corrected chi connectivity index (χ1v) is 11.4. The van der Waals surface area contributed by atoms with Crippen LogP contribution in [-0.4, -0.2) is 9.55 Å². The topological polar surface area (TPSA) is 58.7 Å². The average Bonchev–Trinajstić information content (AvgIpc) is 2.81. The second-order valence-corrected chi connectivity index (χ2v) is 8.75. The first kappa shape index (κ1) is 21.1. The van der Waals surface area contributed by atoms with Crippen molar-refractivity contribution in [1.82, 2.24) is 9.55 Å². The fourth-order valence-electron chi connectivity index (χ4n) is 3.19. The van der Waals surface area contributed by atoms with Gasteiger partial charge in [-0.3, -0.25) is 9.36 Å². The van der Waals surface area contributed by atoms with Crippen molar-refractivity contribution in [2.24, 2.45) is 0 Å². The SMILES string of the molecule is N#Cc1c(-c2ccc(Br)cc2)nc(SCc2ccccc2)n(Cc2ccccc2)c1=O. The summed E-state index contributed by atoms with van der Waals surface area (Å²) in [7, 11) is 0. The summed E-state index contributed by atoms with van der Waals surface area (Å²) in [6, 6.07) is 29.4. The van der Waals surface area contributed by atoms with Gasteiger partial charge in [-0.1, -0.05) is 100 Å². The summed E-state index contributed by atoms with van der Waals surface area (Å²) >= 11 is 4.92. The zero-order chi connectivity index (χ0) is 21.6. The van der Waals surface area contributed by atoms with Crippen LogP contribution in [0.25, 0.3) is 11.3 Å². The molecule has 3 aromatic carbocycles. The zero-order valence-corrected chi connectivity index (χ0v) is 18.9. The van der Waals surface area contributed by atoms with Crippen LogP contribution in [0.15, 0.2) is 99.4 Å². The summed E-state index contributed by atoms with van der Waals surface area (Å²) in [5, 5.41) is 10.4. The van der Waals surface area contributed by atoms with E-state index in [1.807, 2.05) is 84.9 Å². The molecule has 31 heavy (non-hydrogen) atoms. The lowest BCUT2D eigenvalue weighted by atomic mass is 10.1. The van der Waals surface area contributed by atoms with Gasteiger partial charge in [-0.2, -0.15) is 5.26 Å². The van der Waals surface area contributed by atoms with Crippen LogP contribution in [0.2, 0.25) is 0 Å². The summed E-state index contributed by atoms with van der Waals surface area (Å²) < 4.78 is 2.52. The van der Waals surface area contributed by atoms with Gasteiger partial charge in [0.05, 0.1) is 12.2 Å². The molecule has 0 aliphatic carbocycles. The Kier molecular flexibility index (Phi) is 6.66. The van der Waals surface area contributed by atoms with Crippen molar-refractivity contribution >= 4 is 27.7 Å². The molecule has 152 valence electrons. The molecular weight excluding hydrogens is 470 g/mol. The van der Waals surface area contributed by atoms with Crippen LogP contribution >= 0.6 is 27.7 Å². The molecule has 0 saturated heterocycles. The smallest absolute Gasteiger partial charge is 0.273 e. The molecule has 0 amide bonds. The van der Waals surface area contributed by atoms with Gasteiger partial charge in [0.2, 0.25) is 0 Å². The van der Waals surface area contributed by atoms with E-state index < -0.39 is 0 Å². The Bertz CT molecular complexity index is 1280. The monoisotopic (exact) mass is 487 g/mol. The van der Waals surface area contributed by atoms with Gasteiger partial charge in [0.1, 0.15) is 11.6 Å². The summed E-state index contributed by atoms with van der Waals surface area (Å²) in [5.41, 5.74) is 3.01. The molecule has 0 radical (unpaired) electrons. The quantitative estimate of drug-likeness (QED) is 0.251. The lowest BCUT2D eigenvalue weighted by molar-refractivity contribution is 0.644. The Morgan fingerprint density at radius 2 is 1.52 bits per heavy atom. The van der Waals surface area contributed by atoms with Crippen LogP contribution in [0.5, 0.6) is 0 Å². The molecule has 6 heteroatoms. The largest absolute Gasteiger partial charge is 0.282 e. The van der Waals surface area contributed by atoms with Crippen LogP contribution in [0.4, 0.5) is 0 Å². The minimum absolute atomic E-state index is 0.0577. The summed E-state index contributed by atoms with van der Waals surface area (Å²) in [6.45, 7) is 0.360. The minimum Gasteiger partial charge on any atom is -0.282 e. The number of halogens is 1.